The van der Waals surface area contributed by atoms with Gasteiger partial charge in [-0.05, 0) is 24.4 Å². The Bertz CT molecular complexity index is 312. The molecule has 0 unspecified atom stereocenters. The molecule has 0 radical (unpaired) electrons. The van der Waals surface area contributed by atoms with Gasteiger partial charge in [-0.25, -0.2) is 4.79 Å². The maximum atomic E-state index is 11.0. The number of thiocarbonyl (C=S) groups is 1. The number of benzene rings is 1. The molecule has 68 valence electrons. The van der Waals surface area contributed by atoms with E-state index in [1.165, 1.54) is 0 Å². The van der Waals surface area contributed by atoms with E-state index in [4.69, 9.17) is 5.73 Å². The third-order valence-corrected chi connectivity index (χ3v) is 1.37. The lowest BCUT2D eigenvalue weighted by Crippen LogP contribution is -2.37. The number of urea groups is 1. The summed E-state index contributed by atoms with van der Waals surface area (Å²) in [5.74, 6) is 0. The van der Waals surface area contributed by atoms with Crippen LogP contribution < -0.4 is 16.4 Å². The molecule has 4 nitrogen and oxygen atoms in total. The van der Waals surface area contributed by atoms with Crippen LogP contribution in [0.4, 0.5) is 10.5 Å². The van der Waals surface area contributed by atoms with E-state index in [1.54, 1.807) is 12.1 Å². The van der Waals surface area contributed by atoms with E-state index >= 15 is 0 Å². The van der Waals surface area contributed by atoms with Gasteiger partial charge in [0.1, 0.15) is 0 Å². The summed E-state index contributed by atoms with van der Waals surface area (Å²) in [5.41, 5.74) is 5.80. The molecule has 0 saturated heterocycles. The van der Waals surface area contributed by atoms with Gasteiger partial charge in [0.2, 0.25) is 0 Å². The number of rotatable bonds is 1. The highest BCUT2D eigenvalue weighted by Gasteiger charge is 2.00. The van der Waals surface area contributed by atoms with Crippen molar-refractivity contribution >= 4 is 29.0 Å². The number of carbonyl (C=O) groups is 1. The van der Waals surface area contributed by atoms with Crippen LogP contribution in [0.15, 0.2) is 30.3 Å². The van der Waals surface area contributed by atoms with Gasteiger partial charge in [0.25, 0.3) is 0 Å². The maximum absolute atomic E-state index is 11.0. The Morgan fingerprint density at radius 2 is 1.92 bits per heavy atom. The van der Waals surface area contributed by atoms with Crippen molar-refractivity contribution in [2.45, 2.75) is 0 Å². The van der Waals surface area contributed by atoms with Crippen molar-refractivity contribution in [3.63, 3.8) is 0 Å². The van der Waals surface area contributed by atoms with Gasteiger partial charge >= 0.3 is 6.03 Å². The molecular formula is C8H9N3OS. The summed E-state index contributed by atoms with van der Waals surface area (Å²) < 4.78 is 0. The van der Waals surface area contributed by atoms with Crippen molar-refractivity contribution in [2.24, 2.45) is 5.73 Å². The van der Waals surface area contributed by atoms with Crippen LogP contribution in [0.25, 0.3) is 0 Å². The van der Waals surface area contributed by atoms with Gasteiger partial charge in [-0.15, -0.1) is 0 Å². The maximum Gasteiger partial charge on any atom is 0.325 e. The molecule has 2 amide bonds. The highest BCUT2D eigenvalue weighted by Crippen LogP contribution is 2.03. The van der Waals surface area contributed by atoms with Gasteiger partial charge in [0.15, 0.2) is 5.11 Å². The number of hydrogen-bond donors (Lipinski definition) is 3. The van der Waals surface area contributed by atoms with E-state index in [-0.39, 0.29) is 5.11 Å². The van der Waals surface area contributed by atoms with Crippen molar-refractivity contribution < 1.29 is 4.79 Å². The Kier molecular flexibility index (Phi) is 3.22. The molecule has 0 aliphatic heterocycles. The molecule has 1 aromatic rings. The first-order valence-electron chi connectivity index (χ1n) is 3.61. The van der Waals surface area contributed by atoms with Gasteiger partial charge in [0.05, 0.1) is 0 Å². The first-order valence-corrected chi connectivity index (χ1v) is 4.02. The fraction of sp³-hybridized carbons (Fsp3) is 0. The number of para-hydroxylation sites is 1. The predicted molar refractivity (Wildman–Crippen MR) is 55.4 cm³/mol. The molecule has 0 bridgehead atoms. The highest BCUT2D eigenvalue weighted by atomic mass is 32.1. The molecule has 4 N–H and O–H groups in total. The molecule has 0 fully saturated rings. The van der Waals surface area contributed by atoms with Crippen LogP contribution in [0.1, 0.15) is 0 Å². The zero-order chi connectivity index (χ0) is 9.68. The minimum Gasteiger partial charge on any atom is -0.376 e. The second-order valence-corrected chi connectivity index (χ2v) is 2.75. The zero-order valence-corrected chi connectivity index (χ0v) is 7.60. The molecule has 5 heteroatoms. The Morgan fingerprint density at radius 1 is 1.31 bits per heavy atom. The Balaban J connectivity index is 2.50. The van der Waals surface area contributed by atoms with E-state index in [0.717, 1.165) is 0 Å². The quantitative estimate of drug-likeness (QED) is 0.587. The van der Waals surface area contributed by atoms with Crippen LogP contribution in [-0.4, -0.2) is 11.1 Å². The summed E-state index contributed by atoms with van der Waals surface area (Å²) in [7, 11) is 0. The van der Waals surface area contributed by atoms with Crippen molar-refractivity contribution in [2.75, 3.05) is 5.32 Å². The molecule has 0 saturated carbocycles. The lowest BCUT2D eigenvalue weighted by atomic mass is 10.3. The topological polar surface area (TPSA) is 67.1 Å². The van der Waals surface area contributed by atoms with E-state index in [1.807, 2.05) is 18.2 Å². The van der Waals surface area contributed by atoms with Gasteiger partial charge in [-0.2, -0.15) is 0 Å². The van der Waals surface area contributed by atoms with E-state index in [0.29, 0.717) is 5.69 Å². The molecule has 0 heterocycles. The first-order chi connectivity index (χ1) is 6.18. The molecule has 0 spiro atoms. The van der Waals surface area contributed by atoms with Crippen molar-refractivity contribution in [3.8, 4) is 0 Å². The second-order valence-electron chi connectivity index (χ2n) is 2.31. The third-order valence-electron chi connectivity index (χ3n) is 1.27. The van der Waals surface area contributed by atoms with Crippen LogP contribution >= 0.6 is 12.2 Å². The summed E-state index contributed by atoms with van der Waals surface area (Å²) in [6.45, 7) is 0. The summed E-state index contributed by atoms with van der Waals surface area (Å²) in [4.78, 5) is 11.0. The SMILES string of the molecule is NC(=S)NC(=O)Nc1ccccc1. The standard InChI is InChI=1S/C8H9N3OS/c9-7(13)11-8(12)10-6-4-2-1-3-5-6/h1-5H,(H4,9,10,11,12,13). The summed E-state index contributed by atoms with van der Waals surface area (Å²) in [6.07, 6.45) is 0. The average Bonchev–Trinajstić information content (AvgIpc) is 2.04. The Hall–Kier alpha value is -1.62. The molecule has 0 aliphatic carbocycles. The molecule has 13 heavy (non-hydrogen) atoms. The van der Waals surface area contributed by atoms with Crippen LogP contribution in [0.5, 0.6) is 0 Å². The summed E-state index contributed by atoms with van der Waals surface area (Å²) in [5, 5.41) is 4.76. The summed E-state index contributed by atoms with van der Waals surface area (Å²) in [6, 6.07) is 8.58. The lowest BCUT2D eigenvalue weighted by Gasteiger charge is -2.04. The number of amides is 2. The Labute approximate surface area is 81.1 Å². The van der Waals surface area contributed by atoms with E-state index < -0.39 is 6.03 Å². The Morgan fingerprint density at radius 3 is 2.46 bits per heavy atom. The number of nitrogens with one attached hydrogen (secondary N) is 2. The second kappa shape index (κ2) is 4.42. The molecule has 1 rings (SSSR count). The monoisotopic (exact) mass is 195 g/mol. The van der Waals surface area contributed by atoms with Crippen LogP contribution in [-0.2, 0) is 0 Å². The molecule has 0 aromatic heterocycles. The number of carbonyl (C=O) groups excluding carboxylic acids is 1. The molecule has 0 atom stereocenters. The van der Waals surface area contributed by atoms with E-state index in [2.05, 4.69) is 22.9 Å². The van der Waals surface area contributed by atoms with Crippen molar-refractivity contribution in [1.82, 2.24) is 5.32 Å². The minimum atomic E-state index is -0.432. The predicted octanol–water partition coefficient (Wildman–Crippen LogP) is 1.05. The van der Waals surface area contributed by atoms with Crippen LogP contribution in [0.3, 0.4) is 0 Å². The lowest BCUT2D eigenvalue weighted by molar-refractivity contribution is 0.256. The first kappa shape index (κ1) is 9.47. The normalized spacial score (nSPS) is 8.92. The van der Waals surface area contributed by atoms with E-state index in [9.17, 15) is 4.79 Å². The van der Waals surface area contributed by atoms with Crippen molar-refractivity contribution in [1.29, 1.82) is 0 Å². The van der Waals surface area contributed by atoms with Crippen LogP contribution in [0, 0.1) is 0 Å². The highest BCUT2D eigenvalue weighted by molar-refractivity contribution is 7.80. The largest absolute Gasteiger partial charge is 0.376 e. The number of hydrogen-bond acceptors (Lipinski definition) is 2. The van der Waals surface area contributed by atoms with Gasteiger partial charge in [0, 0.05) is 5.69 Å². The fourth-order valence-electron chi connectivity index (χ4n) is 0.796. The van der Waals surface area contributed by atoms with Gasteiger partial charge in [-0.1, -0.05) is 18.2 Å². The average molecular weight is 195 g/mol. The van der Waals surface area contributed by atoms with Gasteiger partial charge in [-0.3, -0.25) is 5.32 Å². The number of anilines is 1. The third kappa shape index (κ3) is 3.53. The zero-order valence-electron chi connectivity index (χ0n) is 6.78. The van der Waals surface area contributed by atoms with Gasteiger partial charge < -0.3 is 11.1 Å². The molecular weight excluding hydrogens is 186 g/mol. The fourth-order valence-corrected chi connectivity index (χ4v) is 0.888. The van der Waals surface area contributed by atoms with Crippen LogP contribution in [0.2, 0.25) is 0 Å². The molecule has 0 aliphatic rings. The molecule has 1 aromatic carbocycles. The smallest absolute Gasteiger partial charge is 0.325 e. The van der Waals surface area contributed by atoms with Crippen molar-refractivity contribution in [3.05, 3.63) is 30.3 Å². The minimum absolute atomic E-state index is 0.0477. The summed E-state index contributed by atoms with van der Waals surface area (Å²) >= 11 is 4.49. The number of nitrogens with two attached hydrogens (primary N) is 1.